The average molecular weight is 212 g/mol. The summed E-state index contributed by atoms with van der Waals surface area (Å²) in [6, 6.07) is 0. The summed E-state index contributed by atoms with van der Waals surface area (Å²) in [4.78, 5) is 22.5. The molecule has 0 aliphatic carbocycles. The van der Waals surface area contributed by atoms with Gasteiger partial charge in [-0.05, 0) is 6.92 Å². The number of fused-ring (bicyclic) bond motifs is 2. The lowest BCUT2D eigenvalue weighted by atomic mass is 9.83. The highest BCUT2D eigenvalue weighted by Gasteiger charge is 2.53. The maximum atomic E-state index is 11.6. The van der Waals surface area contributed by atoms with E-state index in [9.17, 15) is 9.59 Å². The Balaban J connectivity index is 2.19. The van der Waals surface area contributed by atoms with E-state index in [0.29, 0.717) is 0 Å². The molecule has 0 aromatic carbocycles. The number of carboxylic acid groups (broad SMARTS) is 1. The van der Waals surface area contributed by atoms with Gasteiger partial charge in [0.05, 0.1) is 18.8 Å². The smallest absolute Gasteiger partial charge is 0.312 e. The first-order chi connectivity index (χ1) is 7.15. The van der Waals surface area contributed by atoms with E-state index in [1.807, 2.05) is 0 Å². The molecule has 2 aliphatic rings. The minimum atomic E-state index is -1.01. The van der Waals surface area contributed by atoms with Gasteiger partial charge in [-0.25, -0.2) is 0 Å². The van der Waals surface area contributed by atoms with Gasteiger partial charge in [0.1, 0.15) is 11.8 Å². The third-order valence-electron chi connectivity index (χ3n) is 2.74. The van der Waals surface area contributed by atoms with E-state index in [2.05, 4.69) is 0 Å². The van der Waals surface area contributed by atoms with E-state index in [-0.39, 0.29) is 6.61 Å². The SMILES string of the molecule is CCOC(=O)C1C2C=CC(O2)C1C(=O)O. The number of aliphatic carboxylic acids is 1. The lowest BCUT2D eigenvalue weighted by Crippen LogP contribution is -2.37. The van der Waals surface area contributed by atoms with Crippen LogP contribution in [0.1, 0.15) is 6.92 Å². The summed E-state index contributed by atoms with van der Waals surface area (Å²) in [5.74, 6) is -3.00. The van der Waals surface area contributed by atoms with Gasteiger partial charge in [-0.2, -0.15) is 0 Å². The van der Waals surface area contributed by atoms with E-state index >= 15 is 0 Å². The van der Waals surface area contributed by atoms with E-state index in [1.54, 1.807) is 19.1 Å². The van der Waals surface area contributed by atoms with Crippen molar-refractivity contribution in [3.8, 4) is 0 Å². The quantitative estimate of drug-likeness (QED) is 0.534. The number of rotatable bonds is 3. The molecule has 4 unspecified atom stereocenters. The van der Waals surface area contributed by atoms with Crippen LogP contribution in [0.2, 0.25) is 0 Å². The van der Waals surface area contributed by atoms with Gasteiger partial charge in [-0.3, -0.25) is 9.59 Å². The van der Waals surface area contributed by atoms with Gasteiger partial charge >= 0.3 is 11.9 Å². The Labute approximate surface area is 86.7 Å². The van der Waals surface area contributed by atoms with Gasteiger partial charge in [-0.1, -0.05) is 12.2 Å². The van der Waals surface area contributed by atoms with Gasteiger partial charge in [0.15, 0.2) is 0 Å². The molecule has 0 radical (unpaired) electrons. The molecular formula is C10H12O5. The third-order valence-corrected chi connectivity index (χ3v) is 2.74. The largest absolute Gasteiger partial charge is 0.481 e. The predicted molar refractivity (Wildman–Crippen MR) is 49.0 cm³/mol. The lowest BCUT2D eigenvalue weighted by molar-refractivity contribution is -0.156. The highest BCUT2D eigenvalue weighted by Crippen LogP contribution is 2.39. The first-order valence-corrected chi connectivity index (χ1v) is 4.88. The predicted octanol–water partition coefficient (Wildman–Crippen LogP) is 0.204. The van der Waals surface area contributed by atoms with Gasteiger partial charge in [0, 0.05) is 0 Å². The fourth-order valence-corrected chi connectivity index (χ4v) is 2.12. The minimum Gasteiger partial charge on any atom is -0.481 e. The fourth-order valence-electron chi connectivity index (χ4n) is 2.12. The fraction of sp³-hybridized carbons (Fsp3) is 0.600. The number of carbonyl (C=O) groups excluding carboxylic acids is 1. The van der Waals surface area contributed by atoms with Crippen LogP contribution in [0.25, 0.3) is 0 Å². The Morgan fingerprint density at radius 2 is 1.93 bits per heavy atom. The Morgan fingerprint density at radius 1 is 1.33 bits per heavy atom. The molecule has 82 valence electrons. The van der Waals surface area contributed by atoms with Gasteiger partial charge in [-0.15, -0.1) is 0 Å². The van der Waals surface area contributed by atoms with Gasteiger partial charge in [0.25, 0.3) is 0 Å². The summed E-state index contributed by atoms with van der Waals surface area (Å²) in [6.45, 7) is 1.94. The van der Waals surface area contributed by atoms with Crippen molar-refractivity contribution in [2.75, 3.05) is 6.61 Å². The van der Waals surface area contributed by atoms with Crippen molar-refractivity contribution in [2.45, 2.75) is 19.1 Å². The summed E-state index contributed by atoms with van der Waals surface area (Å²) in [7, 11) is 0. The average Bonchev–Trinajstić information content (AvgIpc) is 2.76. The maximum absolute atomic E-state index is 11.6. The minimum absolute atomic E-state index is 0.253. The molecule has 2 aliphatic heterocycles. The molecule has 5 heteroatoms. The van der Waals surface area contributed by atoms with E-state index in [4.69, 9.17) is 14.6 Å². The number of hydrogen-bond acceptors (Lipinski definition) is 4. The van der Waals surface area contributed by atoms with Crippen molar-refractivity contribution in [1.29, 1.82) is 0 Å². The number of esters is 1. The van der Waals surface area contributed by atoms with Crippen LogP contribution in [0.5, 0.6) is 0 Å². The van der Waals surface area contributed by atoms with Crippen molar-refractivity contribution in [2.24, 2.45) is 11.8 Å². The zero-order valence-electron chi connectivity index (χ0n) is 8.25. The second-order valence-electron chi connectivity index (χ2n) is 3.59. The zero-order valence-corrected chi connectivity index (χ0v) is 8.25. The first-order valence-electron chi connectivity index (χ1n) is 4.88. The van der Waals surface area contributed by atoms with Crippen LogP contribution in [0.3, 0.4) is 0 Å². The molecule has 0 aromatic heterocycles. The molecule has 2 bridgehead atoms. The number of carboxylic acids is 1. The second-order valence-corrected chi connectivity index (χ2v) is 3.59. The molecular weight excluding hydrogens is 200 g/mol. The van der Waals surface area contributed by atoms with Crippen molar-refractivity contribution < 1.29 is 24.2 Å². The summed E-state index contributed by atoms with van der Waals surface area (Å²) in [5, 5.41) is 9.00. The number of ether oxygens (including phenoxy) is 2. The summed E-state index contributed by atoms with van der Waals surface area (Å²) >= 11 is 0. The van der Waals surface area contributed by atoms with Gasteiger partial charge < -0.3 is 14.6 Å². The molecule has 4 atom stereocenters. The highest BCUT2D eigenvalue weighted by molar-refractivity contribution is 5.84. The lowest BCUT2D eigenvalue weighted by Gasteiger charge is -2.19. The maximum Gasteiger partial charge on any atom is 0.312 e. The molecule has 1 fully saturated rings. The molecule has 1 saturated heterocycles. The van der Waals surface area contributed by atoms with Crippen LogP contribution < -0.4 is 0 Å². The summed E-state index contributed by atoms with van der Waals surface area (Å²) in [5.41, 5.74) is 0. The van der Waals surface area contributed by atoms with Crippen molar-refractivity contribution in [3.05, 3.63) is 12.2 Å². The van der Waals surface area contributed by atoms with Crippen molar-refractivity contribution in [3.63, 3.8) is 0 Å². The standard InChI is InChI=1S/C10H12O5/c1-2-14-10(13)8-6-4-3-5(15-6)7(8)9(11)12/h3-8H,2H2,1H3,(H,11,12). The molecule has 15 heavy (non-hydrogen) atoms. The zero-order chi connectivity index (χ0) is 11.0. The molecule has 2 rings (SSSR count). The molecule has 0 aromatic rings. The normalized spacial score (nSPS) is 36.9. The molecule has 5 nitrogen and oxygen atoms in total. The number of hydrogen-bond donors (Lipinski definition) is 1. The third kappa shape index (κ3) is 1.52. The molecule has 2 heterocycles. The summed E-state index contributed by atoms with van der Waals surface area (Å²) < 4.78 is 10.2. The van der Waals surface area contributed by atoms with Crippen LogP contribution in [0, 0.1) is 11.8 Å². The molecule has 0 spiro atoms. The molecule has 1 N–H and O–H groups in total. The highest BCUT2D eigenvalue weighted by atomic mass is 16.5. The monoisotopic (exact) mass is 212 g/mol. The van der Waals surface area contributed by atoms with Crippen molar-refractivity contribution >= 4 is 11.9 Å². The topological polar surface area (TPSA) is 72.8 Å². The first kappa shape index (κ1) is 10.2. The van der Waals surface area contributed by atoms with E-state index in [1.165, 1.54) is 0 Å². The van der Waals surface area contributed by atoms with Crippen LogP contribution in [-0.2, 0) is 19.1 Å². The van der Waals surface area contributed by atoms with Crippen LogP contribution in [-0.4, -0.2) is 35.9 Å². The van der Waals surface area contributed by atoms with E-state index < -0.39 is 36.0 Å². The Morgan fingerprint density at radius 3 is 2.47 bits per heavy atom. The van der Waals surface area contributed by atoms with Crippen LogP contribution in [0.15, 0.2) is 12.2 Å². The Kier molecular flexibility index (Phi) is 2.48. The molecule has 0 amide bonds. The van der Waals surface area contributed by atoms with Crippen LogP contribution >= 0.6 is 0 Å². The molecule has 0 saturated carbocycles. The second kappa shape index (κ2) is 3.66. The van der Waals surface area contributed by atoms with E-state index in [0.717, 1.165) is 0 Å². The number of carbonyl (C=O) groups is 2. The Hall–Kier alpha value is -1.36. The van der Waals surface area contributed by atoms with Crippen LogP contribution in [0.4, 0.5) is 0 Å². The van der Waals surface area contributed by atoms with Gasteiger partial charge in [0.2, 0.25) is 0 Å². The Bertz CT molecular complexity index is 322. The summed E-state index contributed by atoms with van der Waals surface area (Å²) in [6.07, 6.45) is 2.50. The van der Waals surface area contributed by atoms with Crippen molar-refractivity contribution in [1.82, 2.24) is 0 Å².